The molecule has 18 heavy (non-hydrogen) atoms. The van der Waals surface area contributed by atoms with Crippen LogP contribution in [0.5, 0.6) is 0 Å². The number of carbonyl (C=O) groups is 2. The van der Waals surface area contributed by atoms with E-state index in [2.05, 4.69) is 12.6 Å². The van der Waals surface area contributed by atoms with Gasteiger partial charge >= 0.3 is 12.1 Å². The molecule has 0 aliphatic heterocycles. The molecule has 0 radical (unpaired) electrons. The zero-order chi connectivity index (χ0) is 13.4. The van der Waals surface area contributed by atoms with E-state index in [0.29, 0.717) is 5.75 Å². The van der Waals surface area contributed by atoms with E-state index in [1.165, 1.54) is 13.3 Å². The first kappa shape index (κ1) is 15.1. The topological polar surface area (TPSA) is 61.8 Å². The van der Waals surface area contributed by atoms with Gasteiger partial charge in [0.1, 0.15) is 12.7 Å². The van der Waals surface area contributed by atoms with Crippen molar-refractivity contribution in [3.8, 4) is 0 Å². The van der Waals surface area contributed by atoms with Crippen LogP contribution in [0.2, 0.25) is 0 Å². The van der Waals surface area contributed by atoms with Crippen LogP contribution in [-0.4, -0.2) is 36.7 Å². The molecule has 1 saturated carbocycles. The third kappa shape index (κ3) is 5.62. The lowest BCUT2D eigenvalue weighted by Crippen LogP contribution is -2.29. The van der Waals surface area contributed by atoms with Crippen molar-refractivity contribution in [2.24, 2.45) is 0 Å². The number of carbonyl (C=O) groups excluding carboxylic acids is 2. The minimum absolute atomic E-state index is 0.0769. The van der Waals surface area contributed by atoms with Crippen molar-refractivity contribution in [2.75, 3.05) is 12.4 Å². The Morgan fingerprint density at radius 3 is 2.56 bits per heavy atom. The maximum atomic E-state index is 11.4. The van der Waals surface area contributed by atoms with E-state index in [1.807, 2.05) is 0 Å². The molecule has 0 amide bonds. The monoisotopic (exact) mass is 276 g/mol. The van der Waals surface area contributed by atoms with Gasteiger partial charge in [-0.1, -0.05) is 6.42 Å². The van der Waals surface area contributed by atoms with Crippen molar-refractivity contribution in [1.82, 2.24) is 0 Å². The molecule has 0 aromatic carbocycles. The van der Waals surface area contributed by atoms with Gasteiger partial charge < -0.3 is 14.2 Å². The average Bonchev–Trinajstić information content (AvgIpc) is 2.36. The lowest BCUT2D eigenvalue weighted by atomic mass is 9.98. The van der Waals surface area contributed by atoms with Gasteiger partial charge in [-0.25, -0.2) is 9.59 Å². The van der Waals surface area contributed by atoms with Crippen LogP contribution in [0.3, 0.4) is 0 Å². The first-order valence-corrected chi connectivity index (χ1v) is 6.91. The van der Waals surface area contributed by atoms with E-state index in [9.17, 15) is 9.59 Å². The second-order valence-corrected chi connectivity index (χ2v) is 4.73. The third-order valence-electron chi connectivity index (χ3n) is 2.76. The molecule has 6 heteroatoms. The summed E-state index contributed by atoms with van der Waals surface area (Å²) in [6.45, 7) is 1.66. The summed E-state index contributed by atoms with van der Waals surface area (Å²) in [6, 6.07) is 0. The highest BCUT2D eigenvalue weighted by Gasteiger charge is 2.23. The second-order valence-electron chi connectivity index (χ2n) is 4.28. The molecule has 1 fully saturated rings. The lowest BCUT2D eigenvalue weighted by Gasteiger charge is -2.22. The van der Waals surface area contributed by atoms with Crippen LogP contribution >= 0.6 is 12.6 Å². The molecule has 1 rings (SSSR count). The minimum Gasteiger partial charge on any atom is -0.462 e. The van der Waals surface area contributed by atoms with Gasteiger partial charge in [0.05, 0.1) is 0 Å². The molecule has 5 nitrogen and oxygen atoms in total. The summed E-state index contributed by atoms with van der Waals surface area (Å²) in [4.78, 5) is 22.8. The Morgan fingerprint density at radius 1 is 1.28 bits per heavy atom. The Morgan fingerprint density at radius 2 is 1.94 bits per heavy atom. The second kappa shape index (κ2) is 8.24. The van der Waals surface area contributed by atoms with Gasteiger partial charge in [-0.3, -0.25) is 0 Å². The van der Waals surface area contributed by atoms with Gasteiger partial charge in [0.2, 0.25) is 0 Å². The van der Waals surface area contributed by atoms with E-state index < -0.39 is 18.2 Å². The summed E-state index contributed by atoms with van der Waals surface area (Å²) < 4.78 is 14.8. The molecular formula is C12H20O5S. The van der Waals surface area contributed by atoms with Crippen LogP contribution in [0.15, 0.2) is 0 Å². The van der Waals surface area contributed by atoms with Gasteiger partial charge in [-0.2, -0.15) is 12.6 Å². The van der Waals surface area contributed by atoms with E-state index in [4.69, 9.17) is 14.2 Å². The molecule has 1 aliphatic rings. The largest absolute Gasteiger partial charge is 0.509 e. The molecule has 0 spiro atoms. The Kier molecular flexibility index (Phi) is 6.93. The van der Waals surface area contributed by atoms with E-state index in [-0.39, 0.29) is 12.7 Å². The highest BCUT2D eigenvalue weighted by atomic mass is 32.1. The Labute approximate surface area is 113 Å². The van der Waals surface area contributed by atoms with E-state index in [0.717, 1.165) is 25.7 Å². The maximum absolute atomic E-state index is 11.4. The molecule has 0 N–H and O–H groups in total. The highest BCUT2D eigenvalue weighted by Crippen LogP contribution is 2.20. The number of esters is 1. The van der Waals surface area contributed by atoms with Gasteiger partial charge in [-0.15, -0.1) is 0 Å². The fraction of sp³-hybridized carbons (Fsp3) is 0.833. The highest BCUT2D eigenvalue weighted by molar-refractivity contribution is 7.80. The zero-order valence-electron chi connectivity index (χ0n) is 10.6. The number of thiol groups is 1. The fourth-order valence-electron chi connectivity index (χ4n) is 1.80. The minimum atomic E-state index is -0.944. The Balaban J connectivity index is 2.23. The molecule has 1 atom stereocenters. The molecule has 1 unspecified atom stereocenters. The van der Waals surface area contributed by atoms with Gasteiger partial charge in [0.15, 0.2) is 6.10 Å². The summed E-state index contributed by atoms with van der Waals surface area (Å²) in [5.74, 6) is -0.144. The molecule has 0 heterocycles. The molecule has 1 aliphatic carbocycles. The Hall–Kier alpha value is -0.910. The number of hydrogen-bond acceptors (Lipinski definition) is 6. The number of rotatable bonds is 5. The smallest absolute Gasteiger partial charge is 0.462 e. The van der Waals surface area contributed by atoms with E-state index >= 15 is 0 Å². The van der Waals surface area contributed by atoms with Crippen molar-refractivity contribution < 1.29 is 23.8 Å². The average molecular weight is 276 g/mol. The third-order valence-corrected chi connectivity index (χ3v) is 2.94. The number of ether oxygens (including phenoxy) is 3. The van der Waals surface area contributed by atoms with Crippen LogP contribution in [0.4, 0.5) is 4.79 Å². The lowest BCUT2D eigenvalue weighted by molar-refractivity contribution is -0.153. The molecule has 0 bridgehead atoms. The predicted octanol–water partition coefficient (Wildman–Crippen LogP) is 2.33. The van der Waals surface area contributed by atoms with Crippen molar-refractivity contribution in [3.05, 3.63) is 0 Å². The van der Waals surface area contributed by atoms with Crippen LogP contribution in [0.25, 0.3) is 0 Å². The first-order chi connectivity index (χ1) is 8.63. The predicted molar refractivity (Wildman–Crippen MR) is 68.7 cm³/mol. The van der Waals surface area contributed by atoms with Gasteiger partial charge in [-0.05, 0) is 32.6 Å². The van der Waals surface area contributed by atoms with Crippen LogP contribution in [0, 0.1) is 0 Å². The summed E-state index contributed by atoms with van der Waals surface area (Å²) in [5.41, 5.74) is 0. The van der Waals surface area contributed by atoms with Crippen molar-refractivity contribution in [2.45, 2.75) is 51.2 Å². The van der Waals surface area contributed by atoms with Crippen LogP contribution < -0.4 is 0 Å². The zero-order valence-corrected chi connectivity index (χ0v) is 11.5. The molecule has 0 aromatic heterocycles. The summed E-state index contributed by atoms with van der Waals surface area (Å²) in [5, 5.41) is 0. The van der Waals surface area contributed by atoms with Gasteiger partial charge in [0.25, 0.3) is 0 Å². The molecule has 0 saturated heterocycles. The normalized spacial score (nSPS) is 17.9. The quantitative estimate of drug-likeness (QED) is 0.617. The molecule has 0 aromatic rings. The SMILES string of the molecule is CC(OC(=O)OC1CCCCC1)C(=O)OCCS. The van der Waals surface area contributed by atoms with Crippen molar-refractivity contribution in [1.29, 1.82) is 0 Å². The summed E-state index contributed by atoms with van der Waals surface area (Å²) >= 11 is 3.91. The Bertz CT molecular complexity index is 276. The van der Waals surface area contributed by atoms with Crippen molar-refractivity contribution in [3.63, 3.8) is 0 Å². The maximum Gasteiger partial charge on any atom is 0.509 e. The molecular weight excluding hydrogens is 256 g/mol. The van der Waals surface area contributed by atoms with Crippen molar-refractivity contribution >= 4 is 24.8 Å². The van der Waals surface area contributed by atoms with Crippen LogP contribution in [-0.2, 0) is 19.0 Å². The standard InChI is InChI=1S/C12H20O5S/c1-9(11(13)15-7-8-18)16-12(14)17-10-5-3-2-4-6-10/h9-10,18H,2-8H2,1H3. The summed E-state index contributed by atoms with van der Waals surface area (Å²) in [6.07, 6.45) is 3.24. The van der Waals surface area contributed by atoms with Crippen LogP contribution in [0.1, 0.15) is 39.0 Å². The fourth-order valence-corrected chi connectivity index (χ4v) is 1.89. The van der Waals surface area contributed by atoms with E-state index in [1.54, 1.807) is 0 Å². The first-order valence-electron chi connectivity index (χ1n) is 6.28. The molecule has 104 valence electrons. The van der Waals surface area contributed by atoms with Gasteiger partial charge in [0, 0.05) is 5.75 Å². The summed E-state index contributed by atoms with van der Waals surface area (Å²) in [7, 11) is 0. The number of hydrogen-bond donors (Lipinski definition) is 1.